The lowest BCUT2D eigenvalue weighted by Crippen LogP contribution is -2.37. The molecule has 0 atom stereocenters. The van der Waals surface area contributed by atoms with E-state index in [1.807, 2.05) is 36.4 Å². The molecule has 1 aliphatic rings. The van der Waals surface area contributed by atoms with Crippen LogP contribution in [0.15, 0.2) is 59.9 Å². The van der Waals surface area contributed by atoms with Gasteiger partial charge in [-0.3, -0.25) is 9.69 Å². The quantitative estimate of drug-likeness (QED) is 0.290. The van der Waals surface area contributed by atoms with Gasteiger partial charge < -0.3 is 20.7 Å². The molecule has 0 unspecified atom stereocenters. The van der Waals surface area contributed by atoms with Crippen LogP contribution in [0, 0.1) is 0 Å². The average molecular weight is 511 g/mol. The molecule has 0 saturated carbocycles. The number of carbonyl (C=O) groups excluding carboxylic acids is 1. The number of rotatable bonds is 9. The zero-order valence-corrected chi connectivity index (χ0v) is 19.9. The molecular weight excluding hydrogens is 484 g/mol. The Hall–Kier alpha value is -3.01. The Morgan fingerprint density at radius 3 is 2.82 bits per heavy atom. The van der Waals surface area contributed by atoms with Gasteiger partial charge in [0.05, 0.1) is 30.1 Å². The van der Waals surface area contributed by atoms with E-state index in [1.54, 1.807) is 0 Å². The number of fused-ring (bicyclic) bond motifs is 1. The van der Waals surface area contributed by atoms with E-state index in [1.165, 1.54) is 12.4 Å². The summed E-state index contributed by atoms with van der Waals surface area (Å²) in [6.07, 6.45) is 3.74. The van der Waals surface area contributed by atoms with Crippen LogP contribution in [0.4, 0.5) is 22.9 Å². The molecule has 9 heteroatoms. The molecule has 1 amide bonds. The van der Waals surface area contributed by atoms with Gasteiger partial charge in [-0.25, -0.2) is 9.97 Å². The molecule has 0 aliphatic carbocycles. The first-order chi connectivity index (χ1) is 16.1. The van der Waals surface area contributed by atoms with E-state index in [9.17, 15) is 4.79 Å². The van der Waals surface area contributed by atoms with Gasteiger partial charge in [-0.2, -0.15) is 0 Å². The first-order valence-corrected chi connectivity index (χ1v) is 11.7. The molecule has 1 saturated heterocycles. The highest BCUT2D eigenvalue weighted by Gasteiger charge is 2.13. The number of ether oxygens (including phenoxy) is 1. The lowest BCUT2D eigenvalue weighted by molar-refractivity contribution is -0.111. The average Bonchev–Trinajstić information content (AvgIpc) is 2.83. The third-order valence-corrected chi connectivity index (χ3v) is 5.87. The number of morpholine rings is 1. The van der Waals surface area contributed by atoms with Crippen LogP contribution in [0.1, 0.15) is 6.42 Å². The van der Waals surface area contributed by atoms with Gasteiger partial charge in [0.1, 0.15) is 12.1 Å². The summed E-state index contributed by atoms with van der Waals surface area (Å²) in [5.41, 5.74) is 3.10. The fourth-order valence-electron chi connectivity index (χ4n) is 3.69. The van der Waals surface area contributed by atoms with E-state index < -0.39 is 0 Å². The molecule has 172 valence electrons. The topological polar surface area (TPSA) is 91.4 Å². The van der Waals surface area contributed by atoms with Gasteiger partial charge in [-0.05, 0) is 49.4 Å². The first kappa shape index (κ1) is 23.2. The van der Waals surface area contributed by atoms with Crippen LogP contribution in [0.25, 0.3) is 10.9 Å². The summed E-state index contributed by atoms with van der Waals surface area (Å²) in [6, 6.07) is 11.7. The fourth-order valence-corrected chi connectivity index (χ4v) is 4.09. The molecule has 1 fully saturated rings. The normalized spacial score (nSPS) is 14.1. The van der Waals surface area contributed by atoms with Crippen LogP contribution in [-0.4, -0.2) is 60.2 Å². The molecule has 2 heterocycles. The molecule has 1 aromatic heterocycles. The van der Waals surface area contributed by atoms with E-state index in [0.29, 0.717) is 11.5 Å². The predicted octanol–water partition coefficient (Wildman–Crippen LogP) is 4.39. The van der Waals surface area contributed by atoms with Gasteiger partial charge >= 0.3 is 0 Å². The molecule has 33 heavy (non-hydrogen) atoms. The zero-order chi connectivity index (χ0) is 23.0. The zero-order valence-electron chi connectivity index (χ0n) is 18.3. The Labute approximate surface area is 201 Å². The van der Waals surface area contributed by atoms with Crippen molar-refractivity contribution in [3.8, 4) is 0 Å². The maximum atomic E-state index is 12.0. The van der Waals surface area contributed by atoms with Crippen molar-refractivity contribution in [2.24, 2.45) is 0 Å². The largest absolute Gasteiger partial charge is 0.383 e. The monoisotopic (exact) mass is 510 g/mol. The third kappa shape index (κ3) is 6.28. The van der Waals surface area contributed by atoms with Gasteiger partial charge in [0.2, 0.25) is 5.91 Å². The van der Waals surface area contributed by atoms with Crippen LogP contribution in [-0.2, 0) is 9.53 Å². The summed E-state index contributed by atoms with van der Waals surface area (Å²) < 4.78 is 6.39. The van der Waals surface area contributed by atoms with Gasteiger partial charge in [0, 0.05) is 35.2 Å². The summed E-state index contributed by atoms with van der Waals surface area (Å²) in [4.78, 5) is 23.3. The number of benzene rings is 2. The van der Waals surface area contributed by atoms with Gasteiger partial charge in [0.15, 0.2) is 0 Å². The third-order valence-electron chi connectivity index (χ3n) is 5.38. The smallest absolute Gasteiger partial charge is 0.247 e. The summed E-state index contributed by atoms with van der Waals surface area (Å²) >= 11 is 3.50. The lowest BCUT2D eigenvalue weighted by atomic mass is 10.1. The number of anilines is 4. The number of nitrogens with one attached hydrogen (secondary N) is 3. The SMILES string of the molecule is C=CC(=O)Nc1cc2ncnc(Nc3cccc(Br)c3)c2cc1NCCCN1CCOCC1. The van der Waals surface area contributed by atoms with Crippen molar-refractivity contribution in [1.29, 1.82) is 0 Å². The van der Waals surface area contributed by atoms with Crippen LogP contribution in [0.5, 0.6) is 0 Å². The molecule has 3 aromatic rings. The molecule has 8 nitrogen and oxygen atoms in total. The molecule has 0 bridgehead atoms. The van der Waals surface area contributed by atoms with Crippen LogP contribution >= 0.6 is 15.9 Å². The molecule has 0 radical (unpaired) electrons. The standard InChI is InChI=1S/C24H27BrN6O2/c1-2-23(32)30-22-15-20-19(14-21(22)26-7-4-8-31-9-11-33-12-10-31)24(28-16-27-20)29-18-6-3-5-17(25)13-18/h2-3,5-6,13-16,26H,1,4,7-12H2,(H,30,32)(H,27,28,29). The van der Waals surface area contributed by atoms with E-state index in [-0.39, 0.29) is 5.91 Å². The highest BCUT2D eigenvalue weighted by atomic mass is 79.9. The Kier molecular flexibility index (Phi) is 7.87. The van der Waals surface area contributed by atoms with Gasteiger partial charge in [-0.15, -0.1) is 0 Å². The first-order valence-electron chi connectivity index (χ1n) is 10.9. The lowest BCUT2D eigenvalue weighted by Gasteiger charge is -2.26. The van der Waals surface area contributed by atoms with Crippen LogP contribution in [0.2, 0.25) is 0 Å². The number of amides is 1. The van der Waals surface area contributed by atoms with E-state index >= 15 is 0 Å². The molecule has 3 N–H and O–H groups in total. The van der Waals surface area contributed by atoms with Gasteiger partial charge in [0.25, 0.3) is 0 Å². The minimum absolute atomic E-state index is 0.271. The van der Waals surface area contributed by atoms with Crippen molar-refractivity contribution in [3.05, 3.63) is 59.9 Å². The minimum Gasteiger partial charge on any atom is -0.383 e. The van der Waals surface area contributed by atoms with Crippen LogP contribution in [0.3, 0.4) is 0 Å². The Balaban J connectivity index is 1.56. The Morgan fingerprint density at radius 2 is 2.03 bits per heavy atom. The molecule has 1 aliphatic heterocycles. The number of aromatic nitrogens is 2. The second kappa shape index (κ2) is 11.2. The second-order valence-corrected chi connectivity index (χ2v) is 8.62. The molecule has 2 aromatic carbocycles. The number of hydrogen-bond acceptors (Lipinski definition) is 7. The van der Waals surface area contributed by atoms with Crippen molar-refractivity contribution in [2.45, 2.75) is 6.42 Å². The van der Waals surface area contributed by atoms with Crippen molar-refractivity contribution in [3.63, 3.8) is 0 Å². The molecule has 4 rings (SSSR count). The van der Waals surface area contributed by atoms with Crippen LogP contribution < -0.4 is 16.0 Å². The van der Waals surface area contributed by atoms with E-state index in [0.717, 1.165) is 72.6 Å². The van der Waals surface area contributed by atoms with E-state index in [4.69, 9.17) is 4.74 Å². The molecular formula is C24H27BrN6O2. The predicted molar refractivity (Wildman–Crippen MR) is 136 cm³/mol. The Bertz CT molecular complexity index is 1130. The highest BCUT2D eigenvalue weighted by molar-refractivity contribution is 9.10. The number of halogens is 1. The second-order valence-electron chi connectivity index (χ2n) is 7.70. The summed E-state index contributed by atoms with van der Waals surface area (Å²) in [6.45, 7) is 8.85. The fraction of sp³-hybridized carbons (Fsp3) is 0.292. The number of hydrogen-bond donors (Lipinski definition) is 3. The minimum atomic E-state index is -0.271. The van der Waals surface area contributed by atoms with Crippen molar-refractivity contribution >= 4 is 55.6 Å². The maximum absolute atomic E-state index is 12.0. The van der Waals surface area contributed by atoms with E-state index in [2.05, 4.69) is 53.3 Å². The van der Waals surface area contributed by atoms with Crippen molar-refractivity contribution in [2.75, 3.05) is 55.3 Å². The summed E-state index contributed by atoms with van der Waals surface area (Å²) in [5.74, 6) is 0.420. The van der Waals surface area contributed by atoms with Gasteiger partial charge in [-0.1, -0.05) is 28.6 Å². The molecule has 0 spiro atoms. The summed E-state index contributed by atoms with van der Waals surface area (Å²) in [5, 5.41) is 10.6. The van der Waals surface area contributed by atoms with Crippen molar-refractivity contribution < 1.29 is 9.53 Å². The Morgan fingerprint density at radius 1 is 1.18 bits per heavy atom. The maximum Gasteiger partial charge on any atom is 0.247 e. The summed E-state index contributed by atoms with van der Waals surface area (Å²) in [7, 11) is 0. The number of nitrogens with zero attached hydrogens (tertiary/aromatic N) is 3. The highest BCUT2D eigenvalue weighted by Crippen LogP contribution is 2.32. The van der Waals surface area contributed by atoms with Crippen molar-refractivity contribution in [1.82, 2.24) is 14.9 Å². The number of carbonyl (C=O) groups is 1.